The predicted octanol–water partition coefficient (Wildman–Crippen LogP) is 1.95. The Balaban J connectivity index is 3.35. The monoisotopic (exact) mass is 228 g/mol. The number of hydrogen-bond acceptors (Lipinski definition) is 4. The van der Waals surface area contributed by atoms with Gasteiger partial charge in [0.25, 0.3) is 0 Å². The van der Waals surface area contributed by atoms with E-state index in [4.69, 9.17) is 16.3 Å². The Morgan fingerprint density at radius 2 is 2.07 bits per heavy atom. The number of halogens is 1. The van der Waals surface area contributed by atoms with Gasteiger partial charge in [-0.2, -0.15) is 0 Å². The number of methoxy groups -OCH3 is 2. The van der Waals surface area contributed by atoms with Crippen LogP contribution < -0.4 is 4.74 Å². The van der Waals surface area contributed by atoms with Gasteiger partial charge in [0.1, 0.15) is 5.75 Å². The number of benzene rings is 1. The molecule has 0 radical (unpaired) electrons. The lowest BCUT2D eigenvalue weighted by molar-refractivity contribution is 0.0601. The van der Waals surface area contributed by atoms with Crippen molar-refractivity contribution < 1.29 is 19.1 Å². The van der Waals surface area contributed by atoms with Crippen LogP contribution in [0.3, 0.4) is 0 Å². The van der Waals surface area contributed by atoms with Gasteiger partial charge in [-0.15, -0.1) is 0 Å². The summed E-state index contributed by atoms with van der Waals surface area (Å²) in [5.41, 5.74) is 0.282. The summed E-state index contributed by atoms with van der Waals surface area (Å²) >= 11 is 5.85. The van der Waals surface area contributed by atoms with E-state index in [-0.39, 0.29) is 16.1 Å². The Hall–Kier alpha value is -1.55. The lowest BCUT2D eigenvalue weighted by Crippen LogP contribution is -2.04. The molecule has 1 aromatic rings. The molecule has 1 rings (SSSR count). The van der Waals surface area contributed by atoms with Crippen molar-refractivity contribution in [3.63, 3.8) is 0 Å². The van der Waals surface area contributed by atoms with Gasteiger partial charge in [0, 0.05) is 0 Å². The molecule has 80 valence electrons. The zero-order chi connectivity index (χ0) is 11.4. The van der Waals surface area contributed by atoms with E-state index in [9.17, 15) is 9.59 Å². The first-order valence-electron chi connectivity index (χ1n) is 4.05. The molecule has 0 aliphatic carbocycles. The van der Waals surface area contributed by atoms with Crippen LogP contribution in [0.1, 0.15) is 20.7 Å². The second kappa shape index (κ2) is 4.79. The highest BCUT2D eigenvalue weighted by atomic mass is 35.5. The van der Waals surface area contributed by atoms with Crippen LogP contribution in [0.25, 0.3) is 0 Å². The Morgan fingerprint density at radius 3 is 2.53 bits per heavy atom. The minimum Gasteiger partial charge on any atom is -0.496 e. The highest BCUT2D eigenvalue weighted by Gasteiger charge is 2.17. The molecule has 0 saturated carbocycles. The van der Waals surface area contributed by atoms with E-state index in [0.717, 1.165) is 0 Å². The summed E-state index contributed by atoms with van der Waals surface area (Å²) in [7, 11) is 2.65. The normalized spacial score (nSPS) is 9.53. The van der Waals surface area contributed by atoms with Crippen LogP contribution in [-0.4, -0.2) is 26.5 Å². The van der Waals surface area contributed by atoms with Crippen LogP contribution in [0.15, 0.2) is 12.1 Å². The van der Waals surface area contributed by atoms with Gasteiger partial charge in [0.15, 0.2) is 6.29 Å². The molecule has 0 saturated heterocycles. The first-order valence-corrected chi connectivity index (χ1v) is 4.43. The Kier molecular flexibility index (Phi) is 3.68. The molecule has 5 heteroatoms. The lowest BCUT2D eigenvalue weighted by atomic mass is 10.1. The average Bonchev–Trinajstić information content (AvgIpc) is 2.27. The highest BCUT2D eigenvalue weighted by molar-refractivity contribution is 6.36. The summed E-state index contributed by atoms with van der Waals surface area (Å²) < 4.78 is 9.43. The largest absolute Gasteiger partial charge is 0.496 e. The molecule has 0 amide bonds. The minimum absolute atomic E-state index is 0.0381. The van der Waals surface area contributed by atoms with E-state index >= 15 is 0 Å². The fourth-order valence-electron chi connectivity index (χ4n) is 1.13. The number of carbonyl (C=O) groups excluding carboxylic acids is 2. The molecule has 0 spiro atoms. The van der Waals surface area contributed by atoms with E-state index in [0.29, 0.717) is 12.0 Å². The van der Waals surface area contributed by atoms with E-state index in [2.05, 4.69) is 4.74 Å². The minimum atomic E-state index is -0.592. The molecule has 1 aromatic carbocycles. The predicted molar refractivity (Wildman–Crippen MR) is 54.7 cm³/mol. The molecule has 0 aliphatic heterocycles. The molecular formula is C10H9ClO4. The molecule has 0 unspecified atom stereocenters. The Morgan fingerprint density at radius 1 is 1.40 bits per heavy atom. The summed E-state index contributed by atoms with van der Waals surface area (Å²) in [5, 5.41) is 0.0381. The van der Waals surface area contributed by atoms with Gasteiger partial charge in [0.05, 0.1) is 30.4 Å². The van der Waals surface area contributed by atoms with Crippen molar-refractivity contribution in [1.82, 2.24) is 0 Å². The van der Waals surface area contributed by atoms with Crippen molar-refractivity contribution in [1.29, 1.82) is 0 Å². The molecule has 0 N–H and O–H groups in total. The second-order valence-electron chi connectivity index (χ2n) is 2.65. The molecule has 0 aliphatic rings. The maximum Gasteiger partial charge on any atom is 0.339 e. The van der Waals surface area contributed by atoms with Gasteiger partial charge >= 0.3 is 5.97 Å². The number of hydrogen-bond donors (Lipinski definition) is 0. The number of aldehydes is 1. The van der Waals surface area contributed by atoms with Crippen LogP contribution in [0, 0.1) is 0 Å². The molecule has 0 bridgehead atoms. The summed E-state index contributed by atoms with van der Waals surface area (Å²) in [6.45, 7) is 0. The number of ether oxygens (including phenoxy) is 2. The lowest BCUT2D eigenvalue weighted by Gasteiger charge is -2.08. The third-order valence-electron chi connectivity index (χ3n) is 1.88. The van der Waals surface area contributed by atoms with E-state index in [1.807, 2.05) is 0 Å². The van der Waals surface area contributed by atoms with Crippen molar-refractivity contribution in [2.75, 3.05) is 14.2 Å². The van der Waals surface area contributed by atoms with Gasteiger partial charge in [-0.05, 0) is 12.1 Å². The first kappa shape index (κ1) is 11.5. The van der Waals surface area contributed by atoms with E-state index in [1.165, 1.54) is 26.4 Å². The van der Waals surface area contributed by atoms with E-state index < -0.39 is 5.97 Å². The molecule has 0 heterocycles. The average molecular weight is 229 g/mol. The van der Waals surface area contributed by atoms with Crippen LogP contribution in [0.2, 0.25) is 5.02 Å². The Labute approximate surface area is 91.7 Å². The van der Waals surface area contributed by atoms with Crippen molar-refractivity contribution in [3.05, 3.63) is 28.3 Å². The summed E-state index contributed by atoms with van der Waals surface area (Å²) in [6.07, 6.45) is 0.535. The maximum atomic E-state index is 11.2. The first-order chi connectivity index (χ1) is 7.15. The van der Waals surface area contributed by atoms with E-state index in [1.54, 1.807) is 0 Å². The number of carbonyl (C=O) groups is 2. The summed E-state index contributed by atoms with van der Waals surface area (Å²) in [5.74, 6) is -0.270. The standard InChI is InChI=1S/C10H9ClO4/c1-14-8-4-3-6(10(13)15-2)9(11)7(8)5-12/h3-5H,1-2H3. The van der Waals surface area contributed by atoms with Gasteiger partial charge in [-0.1, -0.05) is 11.6 Å². The van der Waals surface area contributed by atoms with Crippen molar-refractivity contribution in [3.8, 4) is 5.75 Å². The zero-order valence-corrected chi connectivity index (χ0v) is 9.00. The van der Waals surface area contributed by atoms with Crippen molar-refractivity contribution in [2.45, 2.75) is 0 Å². The smallest absolute Gasteiger partial charge is 0.339 e. The maximum absolute atomic E-state index is 11.2. The number of rotatable bonds is 3. The van der Waals surface area contributed by atoms with Crippen molar-refractivity contribution in [2.24, 2.45) is 0 Å². The third-order valence-corrected chi connectivity index (χ3v) is 2.29. The van der Waals surface area contributed by atoms with Gasteiger partial charge in [-0.25, -0.2) is 4.79 Å². The Bertz CT molecular complexity index is 401. The fourth-order valence-corrected chi connectivity index (χ4v) is 1.41. The zero-order valence-electron chi connectivity index (χ0n) is 8.24. The van der Waals surface area contributed by atoms with Gasteiger partial charge < -0.3 is 9.47 Å². The summed E-state index contributed by atoms with van der Waals surface area (Å²) in [4.78, 5) is 22.0. The summed E-state index contributed by atoms with van der Waals surface area (Å²) in [6, 6.07) is 2.93. The molecule has 0 aromatic heterocycles. The molecular weight excluding hydrogens is 220 g/mol. The molecule has 0 atom stereocenters. The second-order valence-corrected chi connectivity index (χ2v) is 3.03. The van der Waals surface area contributed by atoms with Crippen molar-refractivity contribution >= 4 is 23.9 Å². The molecule has 0 fully saturated rings. The van der Waals surface area contributed by atoms with Crippen LogP contribution in [-0.2, 0) is 4.74 Å². The SMILES string of the molecule is COC(=O)c1ccc(OC)c(C=O)c1Cl. The van der Waals surface area contributed by atoms with Crippen LogP contribution in [0.4, 0.5) is 0 Å². The topological polar surface area (TPSA) is 52.6 Å². The quantitative estimate of drug-likeness (QED) is 0.586. The third kappa shape index (κ3) is 2.10. The molecule has 4 nitrogen and oxygen atoms in total. The highest BCUT2D eigenvalue weighted by Crippen LogP contribution is 2.28. The van der Waals surface area contributed by atoms with Crippen LogP contribution >= 0.6 is 11.6 Å². The van der Waals surface area contributed by atoms with Gasteiger partial charge in [-0.3, -0.25) is 4.79 Å². The van der Waals surface area contributed by atoms with Gasteiger partial charge in [0.2, 0.25) is 0 Å². The number of esters is 1. The van der Waals surface area contributed by atoms with Crippen LogP contribution in [0.5, 0.6) is 5.75 Å². The fraction of sp³-hybridized carbons (Fsp3) is 0.200. The molecule has 15 heavy (non-hydrogen) atoms.